The highest BCUT2D eigenvalue weighted by Gasteiger charge is 2.22. The molecule has 1 atom stereocenters. The molecule has 0 spiro atoms. The van der Waals surface area contributed by atoms with Crippen molar-refractivity contribution < 1.29 is 9.90 Å². The van der Waals surface area contributed by atoms with Crippen LogP contribution in [-0.4, -0.2) is 34.0 Å². The minimum absolute atomic E-state index is 0.277. The monoisotopic (exact) mass is 284 g/mol. The van der Waals surface area contributed by atoms with E-state index in [1.165, 1.54) is 10.9 Å². The van der Waals surface area contributed by atoms with Crippen molar-refractivity contribution in [2.24, 2.45) is 5.92 Å². The van der Waals surface area contributed by atoms with E-state index >= 15 is 0 Å². The van der Waals surface area contributed by atoms with Crippen molar-refractivity contribution in [2.75, 3.05) is 13.1 Å². The lowest BCUT2D eigenvalue weighted by molar-refractivity contribution is -0.138. The highest BCUT2D eigenvalue weighted by molar-refractivity contribution is 5.84. The van der Waals surface area contributed by atoms with Gasteiger partial charge in [0.15, 0.2) is 0 Å². The van der Waals surface area contributed by atoms with Crippen molar-refractivity contribution in [1.82, 2.24) is 9.88 Å². The largest absolute Gasteiger partial charge is 0.481 e. The molecule has 0 radical (unpaired) electrons. The number of hydrogen-bond donors (Lipinski definition) is 1. The Bertz CT molecular complexity index is 636. The van der Waals surface area contributed by atoms with Crippen LogP contribution in [0.1, 0.15) is 24.8 Å². The molecule has 2 heterocycles. The highest BCUT2D eigenvalue weighted by Crippen LogP contribution is 2.24. The number of pyridine rings is 1. The third kappa shape index (κ3) is 3.39. The number of aliphatic carboxylic acids is 1. The summed E-state index contributed by atoms with van der Waals surface area (Å²) in [7, 11) is 0. The predicted octanol–water partition coefficient (Wildman–Crippen LogP) is 2.92. The molecule has 1 unspecified atom stereocenters. The normalized spacial score (nSPS) is 19.7. The van der Waals surface area contributed by atoms with Crippen LogP contribution in [0.2, 0.25) is 0 Å². The van der Waals surface area contributed by atoms with Crippen LogP contribution in [0.25, 0.3) is 10.8 Å². The zero-order chi connectivity index (χ0) is 14.7. The average molecular weight is 284 g/mol. The minimum Gasteiger partial charge on any atom is -0.481 e. The fraction of sp³-hybridized carbons (Fsp3) is 0.412. The summed E-state index contributed by atoms with van der Waals surface area (Å²) in [6, 6.07) is 8.28. The van der Waals surface area contributed by atoms with E-state index in [0.29, 0.717) is 0 Å². The van der Waals surface area contributed by atoms with E-state index in [0.717, 1.165) is 37.9 Å². The van der Waals surface area contributed by atoms with Gasteiger partial charge in [-0.25, -0.2) is 0 Å². The molecule has 0 bridgehead atoms. The Balaban J connectivity index is 1.74. The molecule has 1 aromatic heterocycles. The van der Waals surface area contributed by atoms with Gasteiger partial charge in [0.25, 0.3) is 0 Å². The number of carboxylic acid groups (broad SMARTS) is 1. The zero-order valence-corrected chi connectivity index (χ0v) is 12.0. The maximum atomic E-state index is 10.9. The van der Waals surface area contributed by atoms with E-state index in [9.17, 15) is 4.79 Å². The van der Waals surface area contributed by atoms with E-state index < -0.39 is 5.97 Å². The predicted molar refractivity (Wildman–Crippen MR) is 82.0 cm³/mol. The van der Waals surface area contributed by atoms with Gasteiger partial charge in [0.1, 0.15) is 0 Å². The summed E-state index contributed by atoms with van der Waals surface area (Å²) in [5.41, 5.74) is 1.23. The van der Waals surface area contributed by atoms with Crippen LogP contribution in [0.4, 0.5) is 0 Å². The number of nitrogens with zero attached hydrogens (tertiary/aromatic N) is 2. The highest BCUT2D eigenvalue weighted by atomic mass is 16.4. The Kier molecular flexibility index (Phi) is 4.15. The lowest BCUT2D eigenvalue weighted by Gasteiger charge is -2.32. The number of hydrogen-bond acceptors (Lipinski definition) is 3. The molecule has 21 heavy (non-hydrogen) atoms. The van der Waals surface area contributed by atoms with Gasteiger partial charge in [0, 0.05) is 37.3 Å². The fourth-order valence-corrected chi connectivity index (χ4v) is 3.25. The molecule has 1 fully saturated rings. The molecular formula is C17H20N2O2. The molecule has 1 aliphatic heterocycles. The van der Waals surface area contributed by atoms with E-state index in [-0.39, 0.29) is 12.3 Å². The summed E-state index contributed by atoms with van der Waals surface area (Å²) >= 11 is 0. The van der Waals surface area contributed by atoms with E-state index in [1.54, 1.807) is 0 Å². The molecular weight excluding hydrogens is 264 g/mol. The van der Waals surface area contributed by atoms with Crippen molar-refractivity contribution in [3.05, 3.63) is 42.2 Å². The van der Waals surface area contributed by atoms with Crippen LogP contribution >= 0.6 is 0 Å². The van der Waals surface area contributed by atoms with Gasteiger partial charge in [-0.1, -0.05) is 24.3 Å². The third-order valence-corrected chi connectivity index (χ3v) is 4.21. The van der Waals surface area contributed by atoms with Crippen molar-refractivity contribution in [2.45, 2.75) is 25.8 Å². The third-order valence-electron chi connectivity index (χ3n) is 4.21. The lowest BCUT2D eigenvalue weighted by atomic mass is 9.94. The molecule has 2 aromatic rings. The SMILES string of the molecule is O=C(O)CC1CCCN(Cc2cncc3ccccc23)C1. The van der Waals surface area contributed by atoms with E-state index in [2.05, 4.69) is 28.1 Å². The summed E-state index contributed by atoms with van der Waals surface area (Å²) in [6.07, 6.45) is 6.21. The van der Waals surface area contributed by atoms with Gasteiger partial charge in [-0.2, -0.15) is 0 Å². The molecule has 4 heteroatoms. The maximum Gasteiger partial charge on any atom is 0.303 e. The van der Waals surface area contributed by atoms with Gasteiger partial charge < -0.3 is 5.11 Å². The van der Waals surface area contributed by atoms with Gasteiger partial charge in [-0.05, 0) is 36.3 Å². The van der Waals surface area contributed by atoms with Gasteiger partial charge in [0.2, 0.25) is 0 Å². The Hall–Kier alpha value is -1.94. The summed E-state index contributed by atoms with van der Waals surface area (Å²) in [6.45, 7) is 2.76. The molecule has 1 N–H and O–H groups in total. The van der Waals surface area contributed by atoms with Crippen LogP contribution < -0.4 is 0 Å². The van der Waals surface area contributed by atoms with Crippen LogP contribution in [0.15, 0.2) is 36.7 Å². The van der Waals surface area contributed by atoms with Crippen LogP contribution in [0.3, 0.4) is 0 Å². The second-order valence-corrected chi connectivity index (χ2v) is 5.86. The molecule has 0 saturated carbocycles. The maximum absolute atomic E-state index is 10.9. The van der Waals surface area contributed by atoms with Crippen LogP contribution in [-0.2, 0) is 11.3 Å². The molecule has 110 valence electrons. The lowest BCUT2D eigenvalue weighted by Crippen LogP contribution is -2.35. The van der Waals surface area contributed by atoms with Gasteiger partial charge in [-0.15, -0.1) is 0 Å². The Labute approximate surface area is 124 Å². The first-order valence-corrected chi connectivity index (χ1v) is 7.48. The molecule has 0 aliphatic carbocycles. The molecule has 0 amide bonds. The first-order chi connectivity index (χ1) is 10.2. The summed E-state index contributed by atoms with van der Waals surface area (Å²) in [4.78, 5) is 17.6. The quantitative estimate of drug-likeness (QED) is 0.938. The van der Waals surface area contributed by atoms with Crippen LogP contribution in [0, 0.1) is 5.92 Å². The number of carboxylic acids is 1. The molecule has 1 aliphatic rings. The Morgan fingerprint density at radius 2 is 2.19 bits per heavy atom. The topological polar surface area (TPSA) is 53.4 Å². The van der Waals surface area contributed by atoms with Crippen LogP contribution in [0.5, 0.6) is 0 Å². The summed E-state index contributed by atoms with van der Waals surface area (Å²) in [5.74, 6) is -0.409. The second-order valence-electron chi connectivity index (χ2n) is 5.86. The Morgan fingerprint density at radius 3 is 3.05 bits per heavy atom. The minimum atomic E-state index is -0.686. The van der Waals surface area contributed by atoms with Crippen molar-refractivity contribution >= 4 is 16.7 Å². The van der Waals surface area contributed by atoms with Crippen molar-refractivity contribution in [1.29, 1.82) is 0 Å². The number of carbonyl (C=O) groups is 1. The fourth-order valence-electron chi connectivity index (χ4n) is 3.25. The standard InChI is InChI=1S/C17H20N2O2/c20-17(21)8-13-4-3-7-19(11-13)12-15-10-18-9-14-5-1-2-6-16(14)15/h1-2,5-6,9-10,13H,3-4,7-8,11-12H2,(H,20,21). The van der Waals surface area contributed by atoms with Gasteiger partial charge in [0.05, 0.1) is 0 Å². The molecule has 4 nitrogen and oxygen atoms in total. The number of likely N-dealkylation sites (tertiary alicyclic amines) is 1. The molecule has 3 rings (SSSR count). The smallest absolute Gasteiger partial charge is 0.303 e. The number of benzene rings is 1. The number of piperidine rings is 1. The second kappa shape index (κ2) is 6.22. The number of rotatable bonds is 4. The summed E-state index contributed by atoms with van der Waals surface area (Å²) in [5, 5.41) is 11.4. The first kappa shape index (κ1) is 14.0. The number of aromatic nitrogens is 1. The Morgan fingerprint density at radius 1 is 1.33 bits per heavy atom. The van der Waals surface area contributed by atoms with Crippen molar-refractivity contribution in [3.63, 3.8) is 0 Å². The van der Waals surface area contributed by atoms with Crippen molar-refractivity contribution in [3.8, 4) is 0 Å². The van der Waals surface area contributed by atoms with Gasteiger partial charge >= 0.3 is 5.97 Å². The average Bonchev–Trinajstić information content (AvgIpc) is 2.47. The zero-order valence-electron chi connectivity index (χ0n) is 12.0. The van der Waals surface area contributed by atoms with E-state index in [1.807, 2.05) is 18.5 Å². The first-order valence-electron chi connectivity index (χ1n) is 7.48. The van der Waals surface area contributed by atoms with Gasteiger partial charge in [-0.3, -0.25) is 14.7 Å². The molecule has 1 aromatic carbocycles. The van der Waals surface area contributed by atoms with E-state index in [4.69, 9.17) is 5.11 Å². The molecule has 1 saturated heterocycles. The summed E-state index contributed by atoms with van der Waals surface area (Å²) < 4.78 is 0. The number of fused-ring (bicyclic) bond motifs is 1.